The van der Waals surface area contributed by atoms with Crippen LogP contribution in [0.5, 0.6) is 0 Å². The molecule has 5 heteroatoms. The number of aromatic nitrogens is 2. The molecule has 1 saturated heterocycles. The van der Waals surface area contributed by atoms with E-state index < -0.39 is 0 Å². The van der Waals surface area contributed by atoms with Crippen LogP contribution in [0.4, 0.5) is 0 Å². The van der Waals surface area contributed by atoms with Crippen molar-refractivity contribution in [2.75, 3.05) is 19.8 Å². The van der Waals surface area contributed by atoms with Gasteiger partial charge >= 0.3 is 0 Å². The fraction of sp³-hybridized carbons (Fsp3) is 0.600. The maximum atomic E-state index is 11.5. The first kappa shape index (κ1) is 10.3. The number of hydrogen-bond donors (Lipinski definition) is 1. The third-order valence-corrected chi connectivity index (χ3v) is 2.53. The van der Waals surface area contributed by atoms with Crippen molar-refractivity contribution in [1.82, 2.24) is 9.97 Å². The molecular formula is C10H14N2O3. The van der Waals surface area contributed by atoms with Crippen LogP contribution >= 0.6 is 0 Å². The Morgan fingerprint density at radius 1 is 1.40 bits per heavy atom. The number of nitrogens with one attached hydrogen (secondary N) is 1. The number of H-pyrrole nitrogens is 1. The van der Waals surface area contributed by atoms with Gasteiger partial charge in [-0.25, -0.2) is 4.98 Å². The summed E-state index contributed by atoms with van der Waals surface area (Å²) in [5, 5.41) is 0. The summed E-state index contributed by atoms with van der Waals surface area (Å²) in [7, 11) is 0. The third-order valence-electron chi connectivity index (χ3n) is 2.53. The molecule has 15 heavy (non-hydrogen) atoms. The molecule has 0 amide bonds. The lowest BCUT2D eigenvalue weighted by Gasteiger charge is -2.22. The van der Waals surface area contributed by atoms with Crippen molar-refractivity contribution in [3.63, 3.8) is 0 Å². The third kappa shape index (κ3) is 2.08. The monoisotopic (exact) mass is 210 g/mol. The summed E-state index contributed by atoms with van der Waals surface area (Å²) >= 11 is 0. The number of aryl methyl sites for hydroxylation is 1. The molecule has 0 saturated carbocycles. The lowest BCUT2D eigenvalue weighted by atomic mass is 10.2. The van der Waals surface area contributed by atoms with Crippen LogP contribution in [0.3, 0.4) is 0 Å². The number of nitrogens with zero attached hydrogens (tertiary/aromatic N) is 1. The van der Waals surface area contributed by atoms with Crippen molar-refractivity contribution < 1.29 is 9.47 Å². The van der Waals surface area contributed by atoms with E-state index in [1.54, 1.807) is 6.92 Å². The van der Waals surface area contributed by atoms with Gasteiger partial charge in [-0.1, -0.05) is 0 Å². The Labute approximate surface area is 87.4 Å². The van der Waals surface area contributed by atoms with E-state index in [4.69, 9.17) is 9.47 Å². The lowest BCUT2D eigenvalue weighted by Crippen LogP contribution is -2.27. The Balaban J connectivity index is 2.32. The Morgan fingerprint density at radius 2 is 2.20 bits per heavy atom. The molecule has 1 aromatic rings. The summed E-state index contributed by atoms with van der Waals surface area (Å²) in [6, 6.07) is 0. The summed E-state index contributed by atoms with van der Waals surface area (Å²) < 4.78 is 10.7. The fourth-order valence-corrected chi connectivity index (χ4v) is 1.46. The van der Waals surface area contributed by atoms with Crippen LogP contribution in [0.2, 0.25) is 0 Å². The van der Waals surface area contributed by atoms with Crippen LogP contribution in [0, 0.1) is 13.8 Å². The zero-order valence-corrected chi connectivity index (χ0v) is 8.87. The van der Waals surface area contributed by atoms with Gasteiger partial charge in [-0.3, -0.25) is 4.79 Å². The second-order valence-electron chi connectivity index (χ2n) is 3.60. The first-order valence-electron chi connectivity index (χ1n) is 4.95. The maximum absolute atomic E-state index is 11.5. The zero-order chi connectivity index (χ0) is 10.8. The minimum atomic E-state index is -0.245. The highest BCUT2D eigenvalue weighted by atomic mass is 16.6. The summed E-state index contributed by atoms with van der Waals surface area (Å²) in [5.41, 5.74) is 1.28. The van der Waals surface area contributed by atoms with Gasteiger partial charge in [-0.2, -0.15) is 0 Å². The molecule has 0 aliphatic carbocycles. The second kappa shape index (κ2) is 4.12. The molecule has 1 unspecified atom stereocenters. The average Bonchev–Trinajstić information content (AvgIpc) is 2.26. The van der Waals surface area contributed by atoms with Crippen molar-refractivity contribution in [3.8, 4) is 0 Å². The first-order chi connectivity index (χ1) is 7.18. The van der Waals surface area contributed by atoms with Gasteiger partial charge in [-0.15, -0.1) is 0 Å². The van der Waals surface area contributed by atoms with Crippen molar-refractivity contribution in [1.29, 1.82) is 0 Å². The minimum Gasteiger partial charge on any atom is -0.376 e. The molecule has 5 nitrogen and oxygen atoms in total. The highest BCUT2D eigenvalue weighted by molar-refractivity contribution is 5.14. The molecule has 1 N–H and O–H groups in total. The van der Waals surface area contributed by atoms with Crippen LogP contribution < -0.4 is 5.56 Å². The van der Waals surface area contributed by atoms with Crippen molar-refractivity contribution in [2.24, 2.45) is 0 Å². The maximum Gasteiger partial charge on any atom is 0.254 e. The summed E-state index contributed by atoms with van der Waals surface area (Å²) in [6.45, 7) is 5.17. The molecule has 1 aliphatic rings. The Hall–Kier alpha value is -1.20. The Morgan fingerprint density at radius 3 is 2.80 bits per heavy atom. The van der Waals surface area contributed by atoms with Gasteiger partial charge in [0.05, 0.1) is 19.8 Å². The van der Waals surface area contributed by atoms with Crippen LogP contribution in [-0.2, 0) is 9.47 Å². The predicted octanol–water partition coefficient (Wildman–Crippen LogP) is 0.475. The Bertz CT molecular complexity index is 408. The second-order valence-corrected chi connectivity index (χ2v) is 3.60. The molecule has 0 radical (unpaired) electrons. The molecule has 2 heterocycles. The molecule has 0 aromatic carbocycles. The molecule has 82 valence electrons. The number of hydrogen-bond acceptors (Lipinski definition) is 4. The van der Waals surface area contributed by atoms with Gasteiger partial charge in [0.25, 0.3) is 5.56 Å². The molecule has 0 spiro atoms. The standard InChI is InChI=1S/C10H14N2O3/c1-6-7(2)11-9(12-10(6)13)8-5-14-3-4-15-8/h8H,3-5H2,1-2H3,(H,11,12,13). The smallest absolute Gasteiger partial charge is 0.254 e. The Kier molecular flexibility index (Phi) is 2.83. The highest BCUT2D eigenvalue weighted by Crippen LogP contribution is 2.16. The number of aromatic amines is 1. The van der Waals surface area contributed by atoms with Gasteiger partial charge in [0.15, 0.2) is 0 Å². The van der Waals surface area contributed by atoms with Gasteiger partial charge < -0.3 is 14.5 Å². The summed E-state index contributed by atoms with van der Waals surface area (Å²) in [4.78, 5) is 18.5. The lowest BCUT2D eigenvalue weighted by molar-refractivity contribution is -0.0936. The number of rotatable bonds is 1. The SMILES string of the molecule is Cc1nc(C2COCCO2)[nH]c(=O)c1C. The van der Waals surface area contributed by atoms with E-state index >= 15 is 0 Å². The van der Waals surface area contributed by atoms with E-state index in [1.807, 2.05) is 6.92 Å². The van der Waals surface area contributed by atoms with Crippen LogP contribution in [0.1, 0.15) is 23.2 Å². The highest BCUT2D eigenvalue weighted by Gasteiger charge is 2.19. The zero-order valence-electron chi connectivity index (χ0n) is 8.87. The van der Waals surface area contributed by atoms with E-state index in [-0.39, 0.29) is 11.7 Å². The first-order valence-corrected chi connectivity index (χ1v) is 4.95. The van der Waals surface area contributed by atoms with Crippen molar-refractivity contribution >= 4 is 0 Å². The number of ether oxygens (including phenoxy) is 2. The molecule has 1 aromatic heterocycles. The van der Waals surface area contributed by atoms with Crippen molar-refractivity contribution in [2.45, 2.75) is 20.0 Å². The van der Waals surface area contributed by atoms with Crippen LogP contribution in [0.15, 0.2) is 4.79 Å². The molecule has 1 atom stereocenters. The fourth-order valence-electron chi connectivity index (χ4n) is 1.46. The van der Waals surface area contributed by atoms with E-state index in [0.717, 1.165) is 5.69 Å². The molecular weight excluding hydrogens is 196 g/mol. The van der Waals surface area contributed by atoms with E-state index in [0.29, 0.717) is 31.2 Å². The van der Waals surface area contributed by atoms with Gasteiger partial charge in [0.2, 0.25) is 0 Å². The molecule has 1 fully saturated rings. The van der Waals surface area contributed by atoms with E-state index in [2.05, 4.69) is 9.97 Å². The van der Waals surface area contributed by atoms with E-state index in [1.165, 1.54) is 0 Å². The summed E-state index contributed by atoms with van der Waals surface area (Å²) in [6.07, 6.45) is -0.245. The molecule has 1 aliphatic heterocycles. The topological polar surface area (TPSA) is 64.2 Å². The van der Waals surface area contributed by atoms with Gasteiger partial charge in [-0.05, 0) is 13.8 Å². The average molecular weight is 210 g/mol. The van der Waals surface area contributed by atoms with Crippen LogP contribution in [-0.4, -0.2) is 29.8 Å². The summed E-state index contributed by atoms with van der Waals surface area (Å²) in [5.74, 6) is 0.558. The van der Waals surface area contributed by atoms with Gasteiger partial charge in [0.1, 0.15) is 11.9 Å². The predicted molar refractivity (Wildman–Crippen MR) is 53.8 cm³/mol. The largest absolute Gasteiger partial charge is 0.376 e. The normalized spacial score (nSPS) is 21.6. The van der Waals surface area contributed by atoms with Crippen LogP contribution in [0.25, 0.3) is 0 Å². The molecule has 2 rings (SSSR count). The molecule has 0 bridgehead atoms. The van der Waals surface area contributed by atoms with E-state index in [9.17, 15) is 4.79 Å². The quantitative estimate of drug-likeness (QED) is 0.732. The minimum absolute atomic E-state index is 0.105. The van der Waals surface area contributed by atoms with Crippen molar-refractivity contribution in [3.05, 3.63) is 27.4 Å². The van der Waals surface area contributed by atoms with Gasteiger partial charge in [0, 0.05) is 11.3 Å².